The van der Waals surface area contributed by atoms with Gasteiger partial charge in [0.15, 0.2) is 0 Å². The number of hydrogen-bond donors (Lipinski definition) is 3. The van der Waals surface area contributed by atoms with Gasteiger partial charge in [0, 0.05) is 25.6 Å². The first kappa shape index (κ1) is 16.6. The van der Waals surface area contributed by atoms with Crippen LogP contribution in [-0.2, 0) is 9.53 Å². The lowest BCUT2D eigenvalue weighted by Gasteiger charge is -2.06. The Labute approximate surface area is 123 Å². The average Bonchev–Trinajstić information content (AvgIpc) is 2.48. The molecule has 0 aliphatic rings. The summed E-state index contributed by atoms with van der Waals surface area (Å²) >= 11 is 0. The van der Waals surface area contributed by atoms with E-state index in [0.29, 0.717) is 18.7 Å². The fraction of sp³-hybridized carbons (Fsp3) is 0.357. The van der Waals surface area contributed by atoms with Crippen molar-refractivity contribution in [1.82, 2.24) is 10.7 Å². The molecule has 1 rings (SSSR count). The minimum atomic E-state index is -0.402. The first-order chi connectivity index (χ1) is 10.1. The highest BCUT2D eigenvalue weighted by atomic mass is 16.5. The van der Waals surface area contributed by atoms with Gasteiger partial charge in [-0.2, -0.15) is 5.10 Å². The van der Waals surface area contributed by atoms with Gasteiger partial charge in [0.05, 0.1) is 19.4 Å². The second kappa shape index (κ2) is 9.49. The van der Waals surface area contributed by atoms with Crippen molar-refractivity contribution in [2.24, 2.45) is 10.8 Å². The number of hydrazone groups is 1. The first-order valence-corrected chi connectivity index (χ1v) is 6.57. The van der Waals surface area contributed by atoms with Gasteiger partial charge in [0.2, 0.25) is 5.91 Å². The van der Waals surface area contributed by atoms with Gasteiger partial charge in [-0.3, -0.25) is 9.59 Å². The highest BCUT2D eigenvalue weighted by molar-refractivity contribution is 5.95. The Morgan fingerprint density at radius 1 is 1.29 bits per heavy atom. The van der Waals surface area contributed by atoms with Gasteiger partial charge < -0.3 is 21.2 Å². The maximum atomic E-state index is 11.8. The van der Waals surface area contributed by atoms with Gasteiger partial charge >= 0.3 is 0 Å². The Bertz CT molecular complexity index is 485. The number of carbonyl (C=O) groups is 2. The van der Waals surface area contributed by atoms with E-state index in [1.807, 2.05) is 0 Å². The molecule has 1 aromatic carbocycles. The third-order valence-electron chi connectivity index (χ3n) is 2.54. The van der Waals surface area contributed by atoms with Crippen molar-refractivity contribution in [2.45, 2.75) is 6.42 Å². The van der Waals surface area contributed by atoms with Gasteiger partial charge in [0.25, 0.3) is 5.91 Å². The summed E-state index contributed by atoms with van der Waals surface area (Å²) in [5.74, 6) is -0.577. The minimum absolute atomic E-state index is 0.175. The number of benzene rings is 1. The maximum absolute atomic E-state index is 11.8. The van der Waals surface area contributed by atoms with Crippen LogP contribution in [0.3, 0.4) is 0 Å². The van der Waals surface area contributed by atoms with E-state index in [2.05, 4.69) is 15.8 Å². The Hall–Kier alpha value is -2.41. The number of nitrogens with zero attached hydrogens (tertiary/aromatic N) is 1. The van der Waals surface area contributed by atoms with Crippen molar-refractivity contribution in [3.05, 3.63) is 35.4 Å². The van der Waals surface area contributed by atoms with Crippen LogP contribution in [0.4, 0.5) is 0 Å². The normalized spacial score (nSPS) is 10.5. The quantitative estimate of drug-likeness (QED) is 0.334. The Kier molecular flexibility index (Phi) is 7.52. The molecule has 0 bridgehead atoms. The molecular formula is C14H20N4O3. The number of nitrogens with two attached hydrogens (primary N) is 1. The third-order valence-corrected chi connectivity index (χ3v) is 2.54. The smallest absolute Gasteiger partial charge is 0.251 e. The largest absolute Gasteiger partial charge is 0.379 e. The van der Waals surface area contributed by atoms with E-state index in [-0.39, 0.29) is 18.9 Å². The van der Waals surface area contributed by atoms with Gasteiger partial charge in [-0.1, -0.05) is 12.1 Å². The zero-order chi connectivity index (χ0) is 15.5. The SMILES string of the molecule is CN/N=C/c1ccc(C(=O)NCCOCCC(N)=O)cc1. The second-order valence-electron chi connectivity index (χ2n) is 4.19. The zero-order valence-corrected chi connectivity index (χ0v) is 12.0. The number of rotatable bonds is 9. The number of carbonyl (C=O) groups excluding carboxylic acids is 2. The van der Waals surface area contributed by atoms with Gasteiger partial charge in [-0.25, -0.2) is 0 Å². The lowest BCUT2D eigenvalue weighted by atomic mass is 10.1. The molecule has 2 amide bonds. The van der Waals surface area contributed by atoms with E-state index in [1.54, 1.807) is 37.5 Å². The molecule has 0 spiro atoms. The molecule has 0 unspecified atom stereocenters. The van der Waals surface area contributed by atoms with E-state index in [9.17, 15) is 9.59 Å². The van der Waals surface area contributed by atoms with E-state index < -0.39 is 5.91 Å². The highest BCUT2D eigenvalue weighted by Crippen LogP contribution is 2.02. The highest BCUT2D eigenvalue weighted by Gasteiger charge is 2.04. The summed E-state index contributed by atoms with van der Waals surface area (Å²) in [4.78, 5) is 22.3. The lowest BCUT2D eigenvalue weighted by Crippen LogP contribution is -2.27. The maximum Gasteiger partial charge on any atom is 0.251 e. The van der Waals surface area contributed by atoms with Crippen LogP contribution in [0, 0.1) is 0 Å². The van der Waals surface area contributed by atoms with Crippen LogP contribution in [0.5, 0.6) is 0 Å². The van der Waals surface area contributed by atoms with Crippen LogP contribution >= 0.6 is 0 Å². The molecule has 0 saturated heterocycles. The number of ether oxygens (including phenoxy) is 1. The van der Waals surface area contributed by atoms with Crippen molar-refractivity contribution in [2.75, 3.05) is 26.8 Å². The molecule has 0 saturated carbocycles. The lowest BCUT2D eigenvalue weighted by molar-refractivity contribution is -0.119. The Morgan fingerprint density at radius 3 is 2.62 bits per heavy atom. The molecule has 1 aromatic rings. The molecule has 4 N–H and O–H groups in total. The van der Waals surface area contributed by atoms with Crippen LogP contribution in [0.25, 0.3) is 0 Å². The molecule has 0 heterocycles. The number of primary amides is 1. The minimum Gasteiger partial charge on any atom is -0.379 e. The molecular weight excluding hydrogens is 272 g/mol. The molecule has 21 heavy (non-hydrogen) atoms. The summed E-state index contributed by atoms with van der Waals surface area (Å²) in [7, 11) is 1.71. The number of nitrogens with one attached hydrogen (secondary N) is 2. The topological polar surface area (TPSA) is 106 Å². The molecule has 114 valence electrons. The fourth-order valence-corrected chi connectivity index (χ4v) is 1.47. The summed E-state index contributed by atoms with van der Waals surface area (Å²) in [6.45, 7) is 0.983. The molecule has 0 aromatic heterocycles. The second-order valence-corrected chi connectivity index (χ2v) is 4.19. The Morgan fingerprint density at radius 2 is 2.00 bits per heavy atom. The average molecular weight is 292 g/mol. The predicted molar refractivity (Wildman–Crippen MR) is 80.1 cm³/mol. The van der Waals surface area contributed by atoms with Crippen molar-refractivity contribution in [3.8, 4) is 0 Å². The van der Waals surface area contributed by atoms with Crippen molar-refractivity contribution in [3.63, 3.8) is 0 Å². The summed E-state index contributed by atoms with van der Waals surface area (Å²) in [5, 5.41) is 6.61. The monoisotopic (exact) mass is 292 g/mol. The Balaban J connectivity index is 2.28. The molecule has 7 heteroatoms. The molecule has 0 atom stereocenters. The van der Waals surface area contributed by atoms with E-state index in [4.69, 9.17) is 10.5 Å². The van der Waals surface area contributed by atoms with Gasteiger partial charge in [-0.15, -0.1) is 0 Å². The van der Waals surface area contributed by atoms with Gasteiger partial charge in [-0.05, 0) is 17.7 Å². The standard InChI is InChI=1S/C14H20N4O3/c1-16-18-10-11-2-4-12(5-3-11)14(20)17-7-9-21-8-6-13(15)19/h2-5,10,16H,6-9H2,1H3,(H2,15,19)(H,17,20)/b18-10+. The molecule has 0 aliphatic carbocycles. The van der Waals surface area contributed by atoms with Crippen LogP contribution in [0.2, 0.25) is 0 Å². The summed E-state index contributed by atoms with van der Waals surface area (Å²) in [6.07, 6.45) is 1.85. The zero-order valence-electron chi connectivity index (χ0n) is 12.0. The molecule has 7 nitrogen and oxygen atoms in total. The predicted octanol–water partition coefficient (Wildman–Crippen LogP) is -0.138. The first-order valence-electron chi connectivity index (χ1n) is 6.57. The number of hydrogen-bond acceptors (Lipinski definition) is 5. The summed E-state index contributed by atoms with van der Waals surface area (Å²) < 4.78 is 5.15. The van der Waals surface area contributed by atoms with Crippen LogP contribution in [0.1, 0.15) is 22.3 Å². The molecule has 0 radical (unpaired) electrons. The summed E-state index contributed by atoms with van der Waals surface area (Å²) in [5.41, 5.74) is 9.09. The molecule has 0 aliphatic heterocycles. The van der Waals surface area contributed by atoms with Crippen molar-refractivity contribution in [1.29, 1.82) is 0 Å². The van der Waals surface area contributed by atoms with E-state index >= 15 is 0 Å². The third kappa shape index (κ3) is 7.07. The van der Waals surface area contributed by atoms with Gasteiger partial charge in [0.1, 0.15) is 0 Å². The van der Waals surface area contributed by atoms with Crippen LogP contribution < -0.4 is 16.5 Å². The van der Waals surface area contributed by atoms with Crippen LogP contribution in [0.15, 0.2) is 29.4 Å². The molecule has 0 fully saturated rings. The summed E-state index contributed by atoms with van der Waals surface area (Å²) in [6, 6.07) is 7.05. The van der Waals surface area contributed by atoms with Crippen molar-refractivity contribution >= 4 is 18.0 Å². The number of amides is 2. The van der Waals surface area contributed by atoms with Crippen LogP contribution in [-0.4, -0.2) is 44.8 Å². The van der Waals surface area contributed by atoms with E-state index in [1.165, 1.54) is 0 Å². The van der Waals surface area contributed by atoms with Crippen molar-refractivity contribution < 1.29 is 14.3 Å². The van der Waals surface area contributed by atoms with E-state index in [0.717, 1.165) is 5.56 Å². The fourth-order valence-electron chi connectivity index (χ4n) is 1.47.